The number of aliphatic carboxylic acids is 1. The van der Waals surface area contributed by atoms with Gasteiger partial charge in [0.25, 0.3) is 5.69 Å². The summed E-state index contributed by atoms with van der Waals surface area (Å²) in [6, 6.07) is 4.19. The summed E-state index contributed by atoms with van der Waals surface area (Å²) in [4.78, 5) is 34.3. The zero-order valence-electron chi connectivity index (χ0n) is 18.3. The van der Waals surface area contributed by atoms with Gasteiger partial charge in [0, 0.05) is 36.0 Å². The van der Waals surface area contributed by atoms with E-state index in [1.165, 1.54) is 31.4 Å². The molecule has 0 saturated carbocycles. The fourth-order valence-corrected chi connectivity index (χ4v) is 3.85. The largest absolute Gasteiger partial charge is 0.496 e. The highest BCUT2D eigenvalue weighted by atomic mass is 16.6. The highest BCUT2D eigenvalue weighted by Crippen LogP contribution is 2.47. The lowest BCUT2D eigenvalue weighted by atomic mass is 9.62. The van der Waals surface area contributed by atoms with Crippen LogP contribution in [0, 0.1) is 15.5 Å². The van der Waals surface area contributed by atoms with Crippen molar-refractivity contribution in [1.29, 1.82) is 0 Å². The molecule has 0 amide bonds. The van der Waals surface area contributed by atoms with Gasteiger partial charge in [-0.3, -0.25) is 14.9 Å². The summed E-state index contributed by atoms with van der Waals surface area (Å²) in [6.07, 6.45) is 4.30. The Bertz CT molecular complexity index is 1020. The molecule has 0 radical (unpaired) electrons. The number of ketones is 1. The number of ether oxygens (including phenoxy) is 1. The van der Waals surface area contributed by atoms with Crippen molar-refractivity contribution >= 4 is 17.4 Å². The van der Waals surface area contributed by atoms with Crippen LogP contribution in [0.4, 0.5) is 5.69 Å². The van der Waals surface area contributed by atoms with Crippen LogP contribution in [0.2, 0.25) is 0 Å². The third-order valence-electron chi connectivity index (χ3n) is 5.78. The smallest absolute Gasteiger partial charge is 0.328 e. The summed E-state index contributed by atoms with van der Waals surface area (Å²) in [6.45, 7) is 6.83. The SMILES string of the molecule is COc1cc([N+](=O)[O-])ccc1CC1=C(C)[C@](O)(C=CC(C)=CC(=O)O)C(C)(C)CC1=O. The van der Waals surface area contributed by atoms with Gasteiger partial charge in [0.1, 0.15) is 11.4 Å². The van der Waals surface area contributed by atoms with Gasteiger partial charge in [-0.15, -0.1) is 0 Å². The third-order valence-corrected chi connectivity index (χ3v) is 5.78. The van der Waals surface area contributed by atoms with Gasteiger partial charge in [-0.1, -0.05) is 19.9 Å². The Morgan fingerprint density at radius 3 is 2.55 bits per heavy atom. The molecule has 2 N–H and O–H groups in total. The number of allylic oxidation sites excluding steroid dienone is 3. The fourth-order valence-electron chi connectivity index (χ4n) is 3.85. The van der Waals surface area contributed by atoms with Gasteiger partial charge in [-0.05, 0) is 42.7 Å². The molecule has 1 aromatic carbocycles. The Morgan fingerprint density at radius 1 is 1.35 bits per heavy atom. The number of benzene rings is 1. The quantitative estimate of drug-likeness (QED) is 0.292. The fraction of sp³-hybridized carbons (Fsp3) is 0.391. The maximum absolute atomic E-state index is 12.9. The molecule has 8 nitrogen and oxygen atoms in total. The molecule has 0 saturated heterocycles. The minimum absolute atomic E-state index is 0.0809. The average Bonchev–Trinajstić information content (AvgIpc) is 2.67. The van der Waals surface area contributed by atoms with Gasteiger partial charge in [-0.25, -0.2) is 4.79 Å². The zero-order chi connectivity index (χ0) is 23.6. The summed E-state index contributed by atoms with van der Waals surface area (Å²) < 4.78 is 5.28. The predicted molar refractivity (Wildman–Crippen MR) is 115 cm³/mol. The van der Waals surface area contributed by atoms with Crippen LogP contribution in [0.1, 0.15) is 39.7 Å². The van der Waals surface area contributed by atoms with Gasteiger partial charge in [0.05, 0.1) is 18.1 Å². The van der Waals surface area contributed by atoms with Crippen molar-refractivity contribution in [2.24, 2.45) is 5.41 Å². The summed E-state index contributed by atoms with van der Waals surface area (Å²) >= 11 is 0. The lowest BCUT2D eigenvalue weighted by molar-refractivity contribution is -0.384. The van der Waals surface area contributed by atoms with Crippen LogP contribution in [-0.2, 0) is 16.0 Å². The van der Waals surface area contributed by atoms with E-state index in [1.54, 1.807) is 33.8 Å². The lowest BCUT2D eigenvalue weighted by Crippen LogP contribution is -2.49. The van der Waals surface area contributed by atoms with Gasteiger partial charge < -0.3 is 14.9 Å². The maximum Gasteiger partial charge on any atom is 0.328 e. The average molecular weight is 429 g/mol. The summed E-state index contributed by atoms with van der Waals surface area (Å²) in [7, 11) is 1.40. The van der Waals surface area contributed by atoms with Crippen molar-refractivity contribution in [2.45, 2.75) is 46.1 Å². The molecule has 0 aromatic heterocycles. The molecule has 0 unspecified atom stereocenters. The minimum atomic E-state index is -1.49. The van der Waals surface area contributed by atoms with Crippen LogP contribution >= 0.6 is 0 Å². The highest BCUT2D eigenvalue weighted by Gasteiger charge is 2.49. The molecule has 0 heterocycles. The first-order valence-electron chi connectivity index (χ1n) is 9.70. The van der Waals surface area contributed by atoms with Crippen molar-refractivity contribution in [1.82, 2.24) is 0 Å². The number of rotatable bonds is 7. The van der Waals surface area contributed by atoms with Crippen LogP contribution < -0.4 is 4.74 Å². The molecule has 1 atom stereocenters. The minimum Gasteiger partial charge on any atom is -0.496 e. The molecule has 0 bridgehead atoms. The van der Waals surface area contributed by atoms with Crippen molar-refractivity contribution in [2.75, 3.05) is 7.11 Å². The normalized spacial score (nSPS) is 21.5. The van der Waals surface area contributed by atoms with E-state index < -0.39 is 21.9 Å². The van der Waals surface area contributed by atoms with Gasteiger partial charge in [0.15, 0.2) is 5.78 Å². The van der Waals surface area contributed by atoms with Crippen molar-refractivity contribution in [3.8, 4) is 5.75 Å². The van der Waals surface area contributed by atoms with Crippen LogP contribution in [0.15, 0.2) is 53.1 Å². The number of hydrogen-bond acceptors (Lipinski definition) is 6. The molecular weight excluding hydrogens is 402 g/mol. The first-order chi connectivity index (χ1) is 14.3. The Hall–Kier alpha value is -3.26. The topological polar surface area (TPSA) is 127 Å². The lowest BCUT2D eigenvalue weighted by Gasteiger charge is -2.46. The highest BCUT2D eigenvalue weighted by molar-refractivity contribution is 5.99. The standard InChI is InChI=1S/C23H27NO7/c1-14(10-21(26)27)8-9-23(28)15(2)18(19(25)13-22(23,3)4)11-16-6-7-17(24(29)30)12-20(16)31-5/h6-10,12,28H,11,13H2,1-5H3,(H,26,27)/t23-/m1/s1. The number of Topliss-reactive ketones (excluding diaryl/α,β-unsaturated/α-hetero) is 1. The molecule has 1 aliphatic carbocycles. The van der Waals surface area contributed by atoms with Crippen molar-refractivity contribution < 1.29 is 29.5 Å². The second-order valence-corrected chi connectivity index (χ2v) is 8.34. The number of nitro groups is 1. The second-order valence-electron chi connectivity index (χ2n) is 8.34. The number of methoxy groups -OCH3 is 1. The number of non-ortho nitro benzene ring substituents is 1. The van der Waals surface area contributed by atoms with E-state index in [-0.39, 0.29) is 30.1 Å². The second kappa shape index (κ2) is 8.85. The molecule has 166 valence electrons. The molecule has 0 fully saturated rings. The van der Waals surface area contributed by atoms with Crippen molar-refractivity contribution in [3.05, 3.63) is 68.8 Å². The van der Waals surface area contributed by atoms with Gasteiger partial charge >= 0.3 is 5.97 Å². The Kier molecular flexibility index (Phi) is 6.86. The van der Waals surface area contributed by atoms with Crippen LogP contribution in [0.25, 0.3) is 0 Å². The number of carbonyl (C=O) groups excluding carboxylic acids is 1. The summed E-state index contributed by atoms with van der Waals surface area (Å²) in [5.41, 5.74) is -0.548. The Labute approximate surface area is 180 Å². The van der Waals surface area contributed by atoms with E-state index in [1.807, 2.05) is 0 Å². The summed E-state index contributed by atoms with van der Waals surface area (Å²) in [5.74, 6) is -0.935. The Morgan fingerprint density at radius 2 is 2.00 bits per heavy atom. The molecule has 0 aliphatic heterocycles. The van der Waals surface area contributed by atoms with E-state index in [2.05, 4.69) is 0 Å². The van der Waals surface area contributed by atoms with E-state index in [4.69, 9.17) is 9.84 Å². The molecule has 1 aliphatic rings. The zero-order valence-corrected chi connectivity index (χ0v) is 18.3. The van der Waals surface area contributed by atoms with Crippen LogP contribution in [0.5, 0.6) is 5.75 Å². The first kappa shape index (κ1) is 24.0. The van der Waals surface area contributed by atoms with Crippen molar-refractivity contribution in [3.63, 3.8) is 0 Å². The molecule has 2 rings (SSSR count). The number of nitrogens with zero attached hydrogens (tertiary/aromatic N) is 1. The third kappa shape index (κ3) is 4.91. The number of aliphatic hydroxyl groups is 1. The van der Waals surface area contributed by atoms with E-state index in [0.717, 1.165) is 6.08 Å². The Balaban J connectivity index is 2.55. The van der Waals surface area contributed by atoms with Gasteiger partial charge in [-0.2, -0.15) is 0 Å². The monoisotopic (exact) mass is 429 g/mol. The molecular formula is C23H27NO7. The first-order valence-corrected chi connectivity index (χ1v) is 9.70. The van der Waals surface area contributed by atoms with E-state index in [9.17, 15) is 24.8 Å². The molecule has 31 heavy (non-hydrogen) atoms. The van der Waals surface area contributed by atoms with E-state index in [0.29, 0.717) is 22.3 Å². The number of carbonyl (C=O) groups is 2. The molecule has 8 heteroatoms. The summed E-state index contributed by atoms with van der Waals surface area (Å²) in [5, 5.41) is 31.5. The number of carboxylic acids is 1. The van der Waals surface area contributed by atoms with Crippen LogP contribution in [-0.4, -0.2) is 39.6 Å². The maximum atomic E-state index is 12.9. The van der Waals surface area contributed by atoms with Crippen LogP contribution in [0.3, 0.4) is 0 Å². The van der Waals surface area contributed by atoms with E-state index >= 15 is 0 Å². The predicted octanol–water partition coefficient (Wildman–Crippen LogP) is 3.78. The van der Waals surface area contributed by atoms with Gasteiger partial charge in [0.2, 0.25) is 0 Å². The molecule has 1 aromatic rings. The number of hydrogen-bond donors (Lipinski definition) is 2. The number of nitro benzene ring substituents is 1. The molecule has 0 spiro atoms. The number of carboxylic acid groups (broad SMARTS) is 1.